The zero-order chi connectivity index (χ0) is 18.4. The Morgan fingerprint density at radius 1 is 0.840 bits per heavy atom. The fourth-order valence-electron chi connectivity index (χ4n) is 3.88. The molecule has 2 N–H and O–H groups in total. The van der Waals surface area contributed by atoms with Crippen LogP contribution in [0.1, 0.15) is 56.9 Å². The predicted octanol–water partition coefficient (Wildman–Crippen LogP) is 4.54. The van der Waals surface area contributed by atoms with Crippen molar-refractivity contribution >= 4 is 11.6 Å². The van der Waals surface area contributed by atoms with Crippen LogP contribution < -0.4 is 0 Å². The number of rotatable bonds is 2. The number of hydrogen-bond acceptors (Lipinski definition) is 2. The van der Waals surface area contributed by atoms with E-state index in [-0.39, 0.29) is 0 Å². The first-order chi connectivity index (χ1) is 11.7. The number of benzene rings is 2. The van der Waals surface area contributed by atoms with E-state index in [1.54, 1.807) is 0 Å². The first-order valence-corrected chi connectivity index (χ1v) is 8.90. The highest BCUT2D eigenvalue weighted by Crippen LogP contribution is 2.46. The van der Waals surface area contributed by atoms with Crippen LogP contribution in [-0.2, 0) is 10.8 Å². The molecule has 132 valence electrons. The summed E-state index contributed by atoms with van der Waals surface area (Å²) in [7, 11) is 0. The molecular formula is C23H28O2. The summed E-state index contributed by atoms with van der Waals surface area (Å²) in [5.74, 6) is 0. The zero-order valence-electron chi connectivity index (χ0n) is 15.7. The first kappa shape index (κ1) is 17.9. The van der Waals surface area contributed by atoms with Crippen molar-refractivity contribution in [2.24, 2.45) is 0 Å². The molecule has 0 saturated carbocycles. The van der Waals surface area contributed by atoms with Crippen molar-refractivity contribution in [1.82, 2.24) is 0 Å². The van der Waals surface area contributed by atoms with Crippen molar-refractivity contribution < 1.29 is 10.2 Å². The van der Waals surface area contributed by atoms with Crippen molar-refractivity contribution in [3.8, 4) is 0 Å². The van der Waals surface area contributed by atoms with Gasteiger partial charge in [-0.3, -0.25) is 0 Å². The molecule has 0 spiro atoms. The fraction of sp³-hybridized carbons (Fsp3) is 0.391. The lowest BCUT2D eigenvalue weighted by atomic mass is 9.59. The largest absolute Gasteiger partial charge is 0.389 e. The van der Waals surface area contributed by atoms with Gasteiger partial charge in [0.15, 0.2) is 0 Å². The van der Waals surface area contributed by atoms with E-state index in [4.69, 9.17) is 0 Å². The summed E-state index contributed by atoms with van der Waals surface area (Å²) in [6, 6.07) is 16.7. The highest BCUT2D eigenvalue weighted by Gasteiger charge is 2.49. The van der Waals surface area contributed by atoms with Gasteiger partial charge in [0, 0.05) is 10.8 Å². The Morgan fingerprint density at radius 3 is 2.00 bits per heavy atom. The van der Waals surface area contributed by atoms with Crippen LogP contribution in [0.4, 0.5) is 0 Å². The van der Waals surface area contributed by atoms with Crippen molar-refractivity contribution in [2.45, 2.75) is 57.7 Å². The maximum Gasteiger partial charge on any atom is 0.0898 e. The summed E-state index contributed by atoms with van der Waals surface area (Å²) in [6.45, 7) is 10.1. The molecule has 2 aromatic carbocycles. The van der Waals surface area contributed by atoms with Gasteiger partial charge in [-0.1, -0.05) is 82.3 Å². The van der Waals surface area contributed by atoms with Crippen LogP contribution in [0.3, 0.4) is 0 Å². The number of allylic oxidation sites excluding steroid dienone is 1. The van der Waals surface area contributed by atoms with Crippen LogP contribution in [0, 0.1) is 0 Å². The Labute approximate surface area is 150 Å². The van der Waals surface area contributed by atoms with Crippen LogP contribution in [0.5, 0.6) is 0 Å². The molecule has 25 heavy (non-hydrogen) atoms. The van der Waals surface area contributed by atoms with E-state index >= 15 is 0 Å². The number of hydrogen-bond donors (Lipinski definition) is 2. The molecule has 2 aromatic rings. The van der Waals surface area contributed by atoms with Gasteiger partial charge in [0.05, 0.1) is 12.2 Å². The molecule has 2 unspecified atom stereocenters. The third-order valence-corrected chi connectivity index (χ3v) is 5.82. The summed E-state index contributed by atoms with van der Waals surface area (Å²) in [6.07, 6.45) is 0.610. The maximum atomic E-state index is 10.7. The molecular weight excluding hydrogens is 308 g/mol. The Bertz CT molecular complexity index is 800. The second kappa shape index (κ2) is 6.12. The highest BCUT2D eigenvalue weighted by molar-refractivity contribution is 5.80. The van der Waals surface area contributed by atoms with Crippen molar-refractivity contribution in [1.29, 1.82) is 0 Å². The number of fused-ring (bicyclic) bond motifs is 1. The standard InChI is InChI=1S/C23H28O2/c1-15(13-16-9-7-6-8-10-16)17-11-12-18-19(14-17)23(4,5)21(25)20(24)22(18,2)3/h6-14,20-21,24-25H,1-5H3. The van der Waals surface area contributed by atoms with E-state index in [0.717, 1.165) is 16.7 Å². The van der Waals surface area contributed by atoms with Gasteiger partial charge in [0.1, 0.15) is 0 Å². The Morgan fingerprint density at radius 2 is 1.40 bits per heavy atom. The SMILES string of the molecule is CC(=Cc1ccccc1)c1ccc2c(c1)C(C)(C)C(O)C(O)C2(C)C. The van der Waals surface area contributed by atoms with Crippen molar-refractivity contribution in [3.63, 3.8) is 0 Å². The maximum absolute atomic E-state index is 10.7. The van der Waals surface area contributed by atoms with Gasteiger partial charge < -0.3 is 10.2 Å². The summed E-state index contributed by atoms with van der Waals surface area (Å²) in [5.41, 5.74) is 4.78. The molecule has 3 rings (SSSR count). The van der Waals surface area contributed by atoms with Gasteiger partial charge in [0.25, 0.3) is 0 Å². The molecule has 0 aromatic heterocycles. The molecule has 1 aliphatic carbocycles. The molecule has 0 saturated heterocycles. The minimum absolute atomic E-state index is 0.472. The molecule has 0 bridgehead atoms. The monoisotopic (exact) mass is 336 g/mol. The molecule has 0 amide bonds. The van der Waals surface area contributed by atoms with E-state index in [2.05, 4.69) is 43.3 Å². The summed E-state index contributed by atoms with van der Waals surface area (Å²) in [4.78, 5) is 0. The van der Waals surface area contributed by atoms with Gasteiger partial charge in [-0.05, 0) is 34.8 Å². The Kier molecular flexibility index (Phi) is 4.38. The second-order valence-corrected chi connectivity index (χ2v) is 8.33. The molecule has 1 aliphatic rings. The minimum Gasteiger partial charge on any atom is -0.389 e. The van der Waals surface area contributed by atoms with E-state index in [1.807, 2.05) is 45.9 Å². The average molecular weight is 336 g/mol. The third-order valence-electron chi connectivity index (χ3n) is 5.82. The first-order valence-electron chi connectivity index (χ1n) is 8.90. The van der Waals surface area contributed by atoms with Crippen LogP contribution in [0.25, 0.3) is 11.6 Å². The minimum atomic E-state index is -0.788. The predicted molar refractivity (Wildman–Crippen MR) is 104 cm³/mol. The lowest BCUT2D eigenvalue weighted by molar-refractivity contribution is -0.0673. The third kappa shape index (κ3) is 2.94. The quantitative estimate of drug-likeness (QED) is 0.791. The van der Waals surface area contributed by atoms with Gasteiger partial charge >= 0.3 is 0 Å². The molecule has 0 radical (unpaired) electrons. The van der Waals surface area contributed by atoms with E-state index in [9.17, 15) is 10.2 Å². The van der Waals surface area contributed by atoms with E-state index in [1.165, 1.54) is 11.1 Å². The molecule has 2 nitrogen and oxygen atoms in total. The normalized spacial score (nSPS) is 24.7. The molecule has 2 atom stereocenters. The van der Waals surface area contributed by atoms with Gasteiger partial charge in [0.2, 0.25) is 0 Å². The lowest BCUT2D eigenvalue weighted by Gasteiger charge is -2.49. The average Bonchev–Trinajstić information content (AvgIpc) is 2.59. The molecule has 2 heteroatoms. The Balaban J connectivity index is 2.10. The molecule has 0 fully saturated rings. The van der Waals surface area contributed by atoms with Gasteiger partial charge in [-0.2, -0.15) is 0 Å². The van der Waals surface area contributed by atoms with E-state index < -0.39 is 23.0 Å². The topological polar surface area (TPSA) is 40.5 Å². The summed E-state index contributed by atoms with van der Waals surface area (Å²) < 4.78 is 0. The molecule has 0 heterocycles. The van der Waals surface area contributed by atoms with Crippen LogP contribution in [-0.4, -0.2) is 22.4 Å². The van der Waals surface area contributed by atoms with Crippen LogP contribution in [0.15, 0.2) is 48.5 Å². The summed E-state index contributed by atoms with van der Waals surface area (Å²) in [5, 5.41) is 21.3. The van der Waals surface area contributed by atoms with Crippen LogP contribution >= 0.6 is 0 Å². The molecule has 0 aliphatic heterocycles. The highest BCUT2D eigenvalue weighted by atomic mass is 16.3. The summed E-state index contributed by atoms with van der Waals surface area (Å²) >= 11 is 0. The van der Waals surface area contributed by atoms with Gasteiger partial charge in [-0.15, -0.1) is 0 Å². The zero-order valence-corrected chi connectivity index (χ0v) is 15.7. The van der Waals surface area contributed by atoms with Crippen molar-refractivity contribution in [2.75, 3.05) is 0 Å². The number of aliphatic hydroxyl groups excluding tert-OH is 2. The lowest BCUT2D eigenvalue weighted by Crippen LogP contribution is -2.56. The fourth-order valence-corrected chi connectivity index (χ4v) is 3.88. The van der Waals surface area contributed by atoms with Crippen LogP contribution in [0.2, 0.25) is 0 Å². The van der Waals surface area contributed by atoms with Gasteiger partial charge in [-0.25, -0.2) is 0 Å². The van der Waals surface area contributed by atoms with Crippen molar-refractivity contribution in [3.05, 3.63) is 70.8 Å². The Hall–Kier alpha value is -1.90. The number of aliphatic hydroxyl groups is 2. The second-order valence-electron chi connectivity index (χ2n) is 8.33. The van der Waals surface area contributed by atoms with E-state index in [0.29, 0.717) is 0 Å². The smallest absolute Gasteiger partial charge is 0.0898 e.